The van der Waals surface area contributed by atoms with E-state index in [0.717, 1.165) is 18.4 Å². The number of amides is 1. The van der Waals surface area contributed by atoms with E-state index in [1.165, 1.54) is 24.8 Å². The summed E-state index contributed by atoms with van der Waals surface area (Å²) in [5.41, 5.74) is 2.36. The monoisotopic (exact) mass is 472 g/mol. The quantitative estimate of drug-likeness (QED) is 0.649. The molecule has 1 aliphatic heterocycles. The summed E-state index contributed by atoms with van der Waals surface area (Å²) in [7, 11) is -2.36. The SMILES string of the molecule is COc1ccc(S(=O)(=O)N[C@@H](C)c2ccc(C(C)(C)C)cc2)cc1C(=O)N1CCC(C)CC1. The van der Waals surface area contributed by atoms with Gasteiger partial charge < -0.3 is 9.64 Å². The van der Waals surface area contributed by atoms with Gasteiger partial charge in [0, 0.05) is 19.1 Å². The number of methoxy groups -OCH3 is 1. The zero-order valence-electron chi connectivity index (χ0n) is 20.5. The van der Waals surface area contributed by atoms with Crippen LogP contribution < -0.4 is 9.46 Å². The Morgan fingerprint density at radius 1 is 1.09 bits per heavy atom. The topological polar surface area (TPSA) is 75.7 Å². The molecule has 0 unspecified atom stereocenters. The third-order valence-corrected chi connectivity index (χ3v) is 7.93. The summed E-state index contributed by atoms with van der Waals surface area (Å²) < 4.78 is 34.4. The number of rotatable bonds is 6. The lowest BCUT2D eigenvalue weighted by Crippen LogP contribution is -2.38. The van der Waals surface area contributed by atoms with E-state index in [0.29, 0.717) is 24.8 Å². The van der Waals surface area contributed by atoms with E-state index in [-0.39, 0.29) is 21.8 Å². The van der Waals surface area contributed by atoms with Gasteiger partial charge in [-0.25, -0.2) is 13.1 Å². The average Bonchev–Trinajstić information content (AvgIpc) is 2.78. The van der Waals surface area contributed by atoms with Gasteiger partial charge >= 0.3 is 0 Å². The first-order chi connectivity index (χ1) is 15.4. The van der Waals surface area contributed by atoms with Crippen molar-refractivity contribution in [3.05, 3.63) is 59.2 Å². The van der Waals surface area contributed by atoms with Crippen molar-refractivity contribution in [2.45, 2.75) is 63.8 Å². The average molecular weight is 473 g/mol. The van der Waals surface area contributed by atoms with Crippen LogP contribution in [0.15, 0.2) is 47.4 Å². The highest BCUT2D eigenvalue weighted by molar-refractivity contribution is 7.89. The second-order valence-electron chi connectivity index (χ2n) is 10.1. The normalized spacial score (nSPS) is 16.5. The van der Waals surface area contributed by atoms with Gasteiger partial charge in [-0.1, -0.05) is 52.0 Å². The fraction of sp³-hybridized carbons (Fsp3) is 0.500. The molecule has 1 aliphatic rings. The second kappa shape index (κ2) is 9.85. The number of ether oxygens (including phenoxy) is 1. The molecule has 1 heterocycles. The molecule has 33 heavy (non-hydrogen) atoms. The van der Waals surface area contributed by atoms with Crippen LogP contribution in [-0.2, 0) is 15.4 Å². The Hall–Kier alpha value is -2.38. The van der Waals surface area contributed by atoms with Crippen molar-refractivity contribution in [2.75, 3.05) is 20.2 Å². The predicted molar refractivity (Wildman–Crippen MR) is 131 cm³/mol. The lowest BCUT2D eigenvalue weighted by molar-refractivity contribution is 0.0693. The van der Waals surface area contributed by atoms with Gasteiger partial charge in [0.25, 0.3) is 5.91 Å². The number of carbonyl (C=O) groups excluding carboxylic acids is 1. The number of likely N-dealkylation sites (tertiary alicyclic amines) is 1. The van der Waals surface area contributed by atoms with Gasteiger partial charge in [-0.2, -0.15) is 0 Å². The third-order valence-electron chi connectivity index (χ3n) is 6.39. The molecule has 1 amide bonds. The summed E-state index contributed by atoms with van der Waals surface area (Å²) >= 11 is 0. The van der Waals surface area contributed by atoms with Crippen LogP contribution in [0.4, 0.5) is 0 Å². The van der Waals surface area contributed by atoms with Crippen LogP contribution >= 0.6 is 0 Å². The number of hydrogen-bond donors (Lipinski definition) is 1. The molecule has 1 saturated heterocycles. The van der Waals surface area contributed by atoms with Gasteiger partial charge in [0.15, 0.2) is 0 Å². The van der Waals surface area contributed by atoms with E-state index in [2.05, 4.69) is 32.4 Å². The Bertz CT molecular complexity index is 1080. The lowest BCUT2D eigenvalue weighted by atomic mass is 9.86. The van der Waals surface area contributed by atoms with Crippen LogP contribution in [0.1, 0.15) is 75.0 Å². The van der Waals surface area contributed by atoms with Crippen molar-refractivity contribution in [3.8, 4) is 5.75 Å². The molecule has 0 aliphatic carbocycles. The van der Waals surface area contributed by atoms with Crippen LogP contribution in [-0.4, -0.2) is 39.4 Å². The molecule has 6 nitrogen and oxygen atoms in total. The number of carbonyl (C=O) groups is 1. The fourth-order valence-electron chi connectivity index (χ4n) is 4.04. The van der Waals surface area contributed by atoms with Crippen LogP contribution in [0.5, 0.6) is 5.75 Å². The predicted octanol–water partition coefficient (Wildman–Crippen LogP) is 4.90. The summed E-state index contributed by atoms with van der Waals surface area (Å²) in [5.74, 6) is 0.774. The number of benzene rings is 2. The Morgan fingerprint density at radius 2 is 1.70 bits per heavy atom. The zero-order chi connectivity index (χ0) is 24.4. The summed E-state index contributed by atoms with van der Waals surface area (Å²) in [6.45, 7) is 11.7. The molecule has 0 radical (unpaired) electrons. The van der Waals surface area contributed by atoms with Crippen LogP contribution in [0.2, 0.25) is 0 Å². The molecule has 3 rings (SSSR count). The van der Waals surface area contributed by atoms with E-state index in [4.69, 9.17) is 4.74 Å². The third kappa shape index (κ3) is 5.95. The van der Waals surface area contributed by atoms with Crippen molar-refractivity contribution in [1.29, 1.82) is 0 Å². The van der Waals surface area contributed by atoms with E-state index in [1.807, 2.05) is 31.2 Å². The van der Waals surface area contributed by atoms with Crippen LogP contribution in [0, 0.1) is 5.92 Å². The first-order valence-corrected chi connectivity index (χ1v) is 13.0. The standard InChI is InChI=1S/C26H36N2O4S/c1-18-13-15-28(16-14-18)25(29)23-17-22(11-12-24(23)32-6)33(30,31)27-19(2)20-7-9-21(10-8-20)26(3,4)5/h7-12,17-19,27H,13-16H2,1-6H3/t19-/m0/s1. The highest BCUT2D eigenvalue weighted by Gasteiger charge is 2.27. The molecular formula is C26H36N2O4S. The van der Waals surface area contributed by atoms with Crippen molar-refractivity contribution >= 4 is 15.9 Å². The lowest BCUT2D eigenvalue weighted by Gasteiger charge is -2.30. The molecule has 1 atom stereocenters. The Kier molecular flexibility index (Phi) is 7.54. The summed E-state index contributed by atoms with van der Waals surface area (Å²) in [4.78, 5) is 15.0. The highest BCUT2D eigenvalue weighted by Crippen LogP contribution is 2.28. The fourth-order valence-corrected chi connectivity index (χ4v) is 5.30. The smallest absolute Gasteiger partial charge is 0.257 e. The zero-order valence-corrected chi connectivity index (χ0v) is 21.3. The Morgan fingerprint density at radius 3 is 2.24 bits per heavy atom. The number of hydrogen-bond acceptors (Lipinski definition) is 4. The molecule has 0 saturated carbocycles. The number of sulfonamides is 1. The van der Waals surface area contributed by atoms with Crippen molar-refractivity contribution in [2.24, 2.45) is 5.92 Å². The maximum atomic E-state index is 13.2. The van der Waals surface area contributed by atoms with Gasteiger partial charge in [-0.15, -0.1) is 0 Å². The maximum Gasteiger partial charge on any atom is 0.257 e. The molecule has 7 heteroatoms. The van der Waals surface area contributed by atoms with E-state index < -0.39 is 16.1 Å². The molecule has 0 aromatic heterocycles. The molecule has 0 bridgehead atoms. The highest BCUT2D eigenvalue weighted by atomic mass is 32.2. The number of piperidine rings is 1. The minimum absolute atomic E-state index is 0.0275. The van der Waals surface area contributed by atoms with E-state index >= 15 is 0 Å². The van der Waals surface area contributed by atoms with E-state index in [9.17, 15) is 13.2 Å². The van der Waals surface area contributed by atoms with Gasteiger partial charge in [-0.3, -0.25) is 4.79 Å². The Labute approximate surface area is 198 Å². The molecule has 2 aromatic rings. The molecule has 180 valence electrons. The van der Waals surface area contributed by atoms with Crippen molar-refractivity contribution < 1.29 is 17.9 Å². The Balaban J connectivity index is 1.82. The maximum absolute atomic E-state index is 13.2. The summed E-state index contributed by atoms with van der Waals surface area (Å²) in [5, 5.41) is 0. The minimum Gasteiger partial charge on any atom is -0.496 e. The largest absolute Gasteiger partial charge is 0.496 e. The van der Waals surface area contributed by atoms with Crippen LogP contribution in [0.25, 0.3) is 0 Å². The summed E-state index contributed by atoms with van der Waals surface area (Å²) in [6, 6.07) is 12.0. The molecule has 1 fully saturated rings. The van der Waals surface area contributed by atoms with Gasteiger partial charge in [0.1, 0.15) is 5.75 Å². The van der Waals surface area contributed by atoms with Crippen LogP contribution in [0.3, 0.4) is 0 Å². The number of nitrogens with one attached hydrogen (secondary N) is 1. The van der Waals surface area contributed by atoms with Gasteiger partial charge in [0.05, 0.1) is 17.6 Å². The van der Waals surface area contributed by atoms with Gasteiger partial charge in [-0.05, 0) is 60.4 Å². The molecule has 1 N–H and O–H groups in total. The van der Waals surface area contributed by atoms with E-state index in [1.54, 1.807) is 11.0 Å². The summed E-state index contributed by atoms with van der Waals surface area (Å²) in [6.07, 6.45) is 1.89. The first kappa shape index (κ1) is 25.2. The molecule has 2 aromatic carbocycles. The molecular weight excluding hydrogens is 436 g/mol. The van der Waals surface area contributed by atoms with Gasteiger partial charge in [0.2, 0.25) is 10.0 Å². The minimum atomic E-state index is -3.84. The second-order valence-corrected chi connectivity index (χ2v) is 11.8. The van der Waals surface area contributed by atoms with Crippen molar-refractivity contribution in [3.63, 3.8) is 0 Å². The molecule has 0 spiro atoms. The van der Waals surface area contributed by atoms with Crippen molar-refractivity contribution in [1.82, 2.24) is 9.62 Å². The first-order valence-electron chi connectivity index (χ1n) is 11.5. The number of nitrogens with zero attached hydrogens (tertiary/aromatic N) is 1.